The second-order valence-electron chi connectivity index (χ2n) is 5.68. The standard InChI is InChI=1S/C19H14N4/c1-2-6-16-15(4-1)12-21-23(16)17-10-9-14-8-7-13-5-3-11-20-18(13)19(14)22-17/h1-11,21H,12H2. The fourth-order valence-corrected chi connectivity index (χ4v) is 3.17. The number of nitrogens with one attached hydrogen (secondary N) is 1. The third-order valence-electron chi connectivity index (χ3n) is 4.31. The predicted octanol–water partition coefficient (Wildman–Crippen LogP) is 3.94. The van der Waals surface area contributed by atoms with Gasteiger partial charge in [0.15, 0.2) is 0 Å². The highest BCUT2D eigenvalue weighted by Crippen LogP contribution is 2.32. The molecule has 0 unspecified atom stereocenters. The van der Waals surface area contributed by atoms with E-state index in [4.69, 9.17) is 4.98 Å². The summed E-state index contributed by atoms with van der Waals surface area (Å²) in [4.78, 5) is 9.41. The monoisotopic (exact) mass is 298 g/mol. The molecule has 4 heteroatoms. The second kappa shape index (κ2) is 4.76. The molecule has 0 atom stereocenters. The molecule has 5 rings (SSSR count). The van der Waals surface area contributed by atoms with Crippen molar-refractivity contribution in [2.45, 2.75) is 6.54 Å². The number of hydrogen-bond acceptors (Lipinski definition) is 4. The summed E-state index contributed by atoms with van der Waals surface area (Å²) in [6, 6.07) is 20.7. The zero-order valence-electron chi connectivity index (χ0n) is 12.4. The first-order valence-electron chi connectivity index (χ1n) is 7.66. The first-order chi connectivity index (χ1) is 11.4. The molecule has 4 nitrogen and oxygen atoms in total. The maximum absolute atomic E-state index is 4.89. The third-order valence-corrected chi connectivity index (χ3v) is 4.31. The lowest BCUT2D eigenvalue weighted by atomic mass is 10.1. The Labute approximate surface area is 133 Å². The normalized spacial score (nSPS) is 13.7. The number of hydrazine groups is 1. The van der Waals surface area contributed by atoms with Gasteiger partial charge >= 0.3 is 0 Å². The van der Waals surface area contributed by atoms with Gasteiger partial charge in [0, 0.05) is 23.5 Å². The van der Waals surface area contributed by atoms with Gasteiger partial charge < -0.3 is 0 Å². The summed E-state index contributed by atoms with van der Waals surface area (Å²) in [5, 5.41) is 4.27. The average molecular weight is 298 g/mol. The Hall–Kier alpha value is -2.98. The molecule has 0 saturated carbocycles. The van der Waals surface area contributed by atoms with E-state index in [1.165, 1.54) is 5.56 Å². The lowest BCUT2D eigenvalue weighted by Crippen LogP contribution is -2.27. The van der Waals surface area contributed by atoms with E-state index in [0.717, 1.165) is 39.9 Å². The Bertz CT molecular complexity index is 1040. The maximum atomic E-state index is 4.89. The van der Waals surface area contributed by atoms with Crippen molar-refractivity contribution in [2.24, 2.45) is 0 Å². The van der Waals surface area contributed by atoms with Gasteiger partial charge in [-0.05, 0) is 29.8 Å². The maximum Gasteiger partial charge on any atom is 0.148 e. The molecule has 0 amide bonds. The van der Waals surface area contributed by atoms with Crippen molar-refractivity contribution in [3.63, 3.8) is 0 Å². The number of rotatable bonds is 1. The van der Waals surface area contributed by atoms with Crippen LogP contribution >= 0.6 is 0 Å². The Balaban J connectivity index is 1.73. The van der Waals surface area contributed by atoms with Gasteiger partial charge in [0.05, 0.1) is 16.7 Å². The van der Waals surface area contributed by atoms with Crippen LogP contribution in [0.4, 0.5) is 11.5 Å². The van der Waals surface area contributed by atoms with Gasteiger partial charge in [-0.25, -0.2) is 10.4 Å². The summed E-state index contributed by atoms with van der Waals surface area (Å²) >= 11 is 0. The van der Waals surface area contributed by atoms with Crippen molar-refractivity contribution >= 4 is 33.3 Å². The molecule has 0 spiro atoms. The highest BCUT2D eigenvalue weighted by atomic mass is 15.5. The van der Waals surface area contributed by atoms with Crippen LogP contribution in [0.1, 0.15) is 5.56 Å². The summed E-state index contributed by atoms with van der Waals surface area (Å²) in [5.41, 5.74) is 7.72. The fraction of sp³-hybridized carbons (Fsp3) is 0.0526. The number of para-hydroxylation sites is 1. The minimum absolute atomic E-state index is 0.823. The molecule has 1 N–H and O–H groups in total. The first kappa shape index (κ1) is 12.6. The van der Waals surface area contributed by atoms with Crippen LogP contribution in [0.25, 0.3) is 21.8 Å². The summed E-state index contributed by atoms with van der Waals surface area (Å²) < 4.78 is 0. The second-order valence-corrected chi connectivity index (χ2v) is 5.68. The van der Waals surface area contributed by atoms with Gasteiger partial charge in [-0.1, -0.05) is 36.4 Å². The Morgan fingerprint density at radius 2 is 1.65 bits per heavy atom. The number of benzene rings is 2. The van der Waals surface area contributed by atoms with Crippen LogP contribution in [0.5, 0.6) is 0 Å². The summed E-state index contributed by atoms with van der Waals surface area (Å²) in [6.07, 6.45) is 1.82. The molecule has 2 aromatic carbocycles. The largest absolute Gasteiger partial charge is 0.259 e. The number of fused-ring (bicyclic) bond motifs is 4. The number of hydrogen-bond donors (Lipinski definition) is 1. The zero-order chi connectivity index (χ0) is 15.2. The number of aromatic nitrogens is 2. The molecule has 1 aliphatic rings. The fourth-order valence-electron chi connectivity index (χ4n) is 3.17. The van der Waals surface area contributed by atoms with Crippen molar-refractivity contribution in [2.75, 3.05) is 5.01 Å². The van der Waals surface area contributed by atoms with Gasteiger partial charge in [0.2, 0.25) is 0 Å². The van der Waals surface area contributed by atoms with Crippen molar-refractivity contribution in [3.8, 4) is 0 Å². The minimum Gasteiger partial charge on any atom is -0.259 e. The molecule has 1 aliphatic heterocycles. The Morgan fingerprint density at radius 3 is 2.61 bits per heavy atom. The zero-order valence-corrected chi connectivity index (χ0v) is 12.4. The molecule has 4 aromatic rings. The van der Waals surface area contributed by atoms with Gasteiger partial charge in [-0.2, -0.15) is 0 Å². The van der Waals surface area contributed by atoms with E-state index in [2.05, 4.69) is 63.9 Å². The molecule has 0 saturated heterocycles. The van der Waals surface area contributed by atoms with Gasteiger partial charge in [-0.3, -0.25) is 9.99 Å². The third kappa shape index (κ3) is 1.89. The van der Waals surface area contributed by atoms with Crippen LogP contribution in [0.3, 0.4) is 0 Å². The van der Waals surface area contributed by atoms with Gasteiger partial charge in [0.1, 0.15) is 5.82 Å². The van der Waals surface area contributed by atoms with Crippen molar-refractivity contribution in [1.82, 2.24) is 15.4 Å². The van der Waals surface area contributed by atoms with Crippen molar-refractivity contribution < 1.29 is 0 Å². The van der Waals surface area contributed by atoms with Gasteiger partial charge in [0.25, 0.3) is 0 Å². The highest BCUT2D eigenvalue weighted by Gasteiger charge is 2.20. The lowest BCUT2D eigenvalue weighted by molar-refractivity contribution is 0.757. The minimum atomic E-state index is 0.823. The van der Waals surface area contributed by atoms with E-state index in [1.54, 1.807) is 0 Å². The number of pyridine rings is 2. The molecule has 2 aromatic heterocycles. The van der Waals surface area contributed by atoms with E-state index < -0.39 is 0 Å². The average Bonchev–Trinajstić information content (AvgIpc) is 3.05. The molecule has 0 radical (unpaired) electrons. The molecule has 23 heavy (non-hydrogen) atoms. The van der Waals surface area contributed by atoms with Gasteiger partial charge in [-0.15, -0.1) is 0 Å². The molecule has 3 heterocycles. The molecule has 0 fully saturated rings. The molecular weight excluding hydrogens is 284 g/mol. The Morgan fingerprint density at radius 1 is 0.826 bits per heavy atom. The SMILES string of the molecule is c1ccc2c(c1)CNN2c1ccc2ccc3cccnc3c2n1. The molecule has 110 valence electrons. The van der Waals surface area contributed by atoms with Crippen LogP contribution in [0.15, 0.2) is 66.9 Å². The molecule has 0 aliphatic carbocycles. The van der Waals surface area contributed by atoms with E-state index >= 15 is 0 Å². The summed E-state index contributed by atoms with van der Waals surface area (Å²) in [5.74, 6) is 0.889. The highest BCUT2D eigenvalue weighted by molar-refractivity contribution is 6.03. The van der Waals surface area contributed by atoms with E-state index in [9.17, 15) is 0 Å². The van der Waals surface area contributed by atoms with Crippen LogP contribution in [-0.4, -0.2) is 9.97 Å². The Kier molecular flexibility index (Phi) is 2.60. The molecule has 0 bridgehead atoms. The van der Waals surface area contributed by atoms with Crippen molar-refractivity contribution in [1.29, 1.82) is 0 Å². The quantitative estimate of drug-likeness (QED) is 0.540. The van der Waals surface area contributed by atoms with Crippen LogP contribution in [-0.2, 0) is 6.54 Å². The number of nitrogens with zero attached hydrogens (tertiary/aromatic N) is 3. The lowest BCUT2D eigenvalue weighted by Gasteiger charge is -2.18. The first-order valence-corrected chi connectivity index (χ1v) is 7.66. The van der Waals surface area contributed by atoms with Crippen LogP contribution in [0.2, 0.25) is 0 Å². The topological polar surface area (TPSA) is 41.0 Å². The van der Waals surface area contributed by atoms with Crippen LogP contribution in [0, 0.1) is 0 Å². The predicted molar refractivity (Wildman–Crippen MR) is 92.5 cm³/mol. The molecular formula is C19H14N4. The van der Waals surface area contributed by atoms with E-state index in [-0.39, 0.29) is 0 Å². The van der Waals surface area contributed by atoms with E-state index in [0.29, 0.717) is 0 Å². The van der Waals surface area contributed by atoms with Crippen LogP contribution < -0.4 is 10.4 Å². The summed E-state index contributed by atoms with van der Waals surface area (Å²) in [7, 11) is 0. The smallest absolute Gasteiger partial charge is 0.148 e. The van der Waals surface area contributed by atoms with E-state index in [1.807, 2.05) is 18.3 Å². The summed E-state index contributed by atoms with van der Waals surface area (Å²) in [6.45, 7) is 0.823. The number of anilines is 2. The van der Waals surface area contributed by atoms with Crippen molar-refractivity contribution in [3.05, 3.63) is 72.4 Å².